The molecule has 1 rings (SSSR count). The van der Waals surface area contributed by atoms with Gasteiger partial charge in [0.1, 0.15) is 6.61 Å². The van der Waals surface area contributed by atoms with Gasteiger partial charge in [-0.2, -0.15) is 8.78 Å². The second-order valence-electron chi connectivity index (χ2n) is 5.36. The van der Waals surface area contributed by atoms with Crippen molar-refractivity contribution < 1.29 is 27.1 Å². The van der Waals surface area contributed by atoms with Gasteiger partial charge < -0.3 is 4.74 Å². The molecule has 1 aromatic carbocycles. The molecule has 0 amide bonds. The summed E-state index contributed by atoms with van der Waals surface area (Å²) < 4.78 is 56.7. The molecule has 0 saturated heterocycles. The maximum atomic E-state index is 13.2. The Morgan fingerprint density at radius 1 is 1.11 bits per heavy atom. The highest BCUT2D eigenvalue weighted by molar-refractivity contribution is 5.80. The van der Waals surface area contributed by atoms with Gasteiger partial charge in [0, 0.05) is 12.5 Å². The molecule has 0 saturated carbocycles. The molecule has 0 spiro atoms. The van der Waals surface area contributed by atoms with Gasteiger partial charge in [0.15, 0.2) is 23.2 Å². The first-order valence-electron chi connectivity index (χ1n) is 5.59. The lowest BCUT2D eigenvalue weighted by Crippen LogP contribution is -2.19. The molecule has 1 aromatic rings. The van der Waals surface area contributed by atoms with E-state index in [0.29, 0.717) is 0 Å². The fourth-order valence-electron chi connectivity index (χ4n) is 1.47. The van der Waals surface area contributed by atoms with Crippen LogP contribution in [0.4, 0.5) is 17.6 Å². The summed E-state index contributed by atoms with van der Waals surface area (Å²) in [6, 6.07) is 0.0779. The number of Topliss-reactive ketones (excluding diaryl/α,β-unsaturated/α-hetero) is 1. The summed E-state index contributed by atoms with van der Waals surface area (Å²) in [6.45, 7) is 4.75. The van der Waals surface area contributed by atoms with Crippen LogP contribution in [0.3, 0.4) is 0 Å². The summed E-state index contributed by atoms with van der Waals surface area (Å²) in [4.78, 5) is 11.5. The van der Waals surface area contributed by atoms with E-state index in [0.717, 1.165) is 0 Å². The van der Waals surface area contributed by atoms with Crippen LogP contribution in [-0.4, -0.2) is 12.4 Å². The van der Waals surface area contributed by atoms with Gasteiger partial charge in [-0.25, -0.2) is 8.78 Å². The van der Waals surface area contributed by atoms with Crippen LogP contribution >= 0.6 is 0 Å². The minimum absolute atomic E-state index is 0.0779. The topological polar surface area (TPSA) is 26.3 Å². The van der Waals surface area contributed by atoms with Crippen LogP contribution in [0.25, 0.3) is 0 Å². The van der Waals surface area contributed by atoms with E-state index in [9.17, 15) is 22.4 Å². The average Bonchev–Trinajstić information content (AvgIpc) is 2.24. The number of ether oxygens (including phenoxy) is 1. The average molecular weight is 278 g/mol. The minimum atomic E-state index is -1.65. The second-order valence-corrected chi connectivity index (χ2v) is 5.36. The molecule has 0 aliphatic carbocycles. The zero-order valence-corrected chi connectivity index (χ0v) is 10.8. The Kier molecular flexibility index (Phi) is 4.55. The van der Waals surface area contributed by atoms with Crippen molar-refractivity contribution in [2.45, 2.75) is 27.2 Å². The second kappa shape index (κ2) is 5.59. The van der Waals surface area contributed by atoms with E-state index in [1.54, 1.807) is 20.8 Å². The van der Waals surface area contributed by atoms with Gasteiger partial charge in [-0.1, -0.05) is 20.8 Å². The van der Waals surface area contributed by atoms with E-state index in [1.807, 2.05) is 0 Å². The molecule has 106 valence electrons. The molecule has 6 heteroatoms. The number of carbonyl (C=O) groups is 1. The Hall–Kier alpha value is -1.59. The normalized spacial score (nSPS) is 11.5. The summed E-state index contributed by atoms with van der Waals surface area (Å²) in [5, 5.41) is 0. The zero-order chi connectivity index (χ0) is 14.8. The monoisotopic (exact) mass is 278 g/mol. The van der Waals surface area contributed by atoms with E-state index in [4.69, 9.17) is 0 Å². The SMILES string of the molecule is CC(C)(C)CC(=O)COc1c(F)c(F)cc(F)c1F. The molecule has 0 radical (unpaired) electrons. The number of benzene rings is 1. The molecule has 0 atom stereocenters. The lowest BCUT2D eigenvalue weighted by molar-refractivity contribution is -0.122. The third-order valence-electron chi connectivity index (χ3n) is 2.18. The van der Waals surface area contributed by atoms with Gasteiger partial charge >= 0.3 is 0 Å². The van der Waals surface area contributed by atoms with Crippen LogP contribution in [0, 0.1) is 28.7 Å². The predicted molar refractivity (Wildman–Crippen MR) is 60.8 cm³/mol. The number of ketones is 1. The van der Waals surface area contributed by atoms with Crippen LogP contribution in [-0.2, 0) is 4.79 Å². The molecule has 0 heterocycles. The Balaban J connectivity index is 2.81. The van der Waals surface area contributed by atoms with E-state index in [-0.39, 0.29) is 17.9 Å². The van der Waals surface area contributed by atoms with Gasteiger partial charge in [-0.15, -0.1) is 0 Å². The van der Waals surface area contributed by atoms with Gasteiger partial charge in [-0.05, 0) is 5.41 Å². The van der Waals surface area contributed by atoms with Crippen molar-refractivity contribution in [1.82, 2.24) is 0 Å². The van der Waals surface area contributed by atoms with Crippen molar-refractivity contribution in [2.24, 2.45) is 5.41 Å². The molecule has 0 unspecified atom stereocenters. The Morgan fingerprint density at radius 2 is 1.58 bits per heavy atom. The summed E-state index contributed by atoms with van der Waals surface area (Å²) in [5.74, 6) is -8.07. The van der Waals surface area contributed by atoms with Gasteiger partial charge in [0.25, 0.3) is 0 Å². The standard InChI is InChI=1S/C13H14F4O2/c1-13(2,3)5-7(18)6-19-12-10(16)8(14)4-9(15)11(12)17/h4H,5-6H2,1-3H3. The summed E-state index contributed by atoms with van der Waals surface area (Å²) >= 11 is 0. The number of halogens is 4. The Labute approximate surface area is 108 Å². The summed E-state index contributed by atoms with van der Waals surface area (Å²) in [6.07, 6.45) is 0.119. The van der Waals surface area contributed by atoms with Crippen LogP contribution in [0.5, 0.6) is 5.75 Å². The number of rotatable bonds is 4. The predicted octanol–water partition coefficient (Wildman–Crippen LogP) is 3.63. The zero-order valence-electron chi connectivity index (χ0n) is 10.8. The highest BCUT2D eigenvalue weighted by Gasteiger charge is 2.22. The first-order valence-corrected chi connectivity index (χ1v) is 5.59. The van der Waals surface area contributed by atoms with Crippen molar-refractivity contribution in [1.29, 1.82) is 0 Å². The quantitative estimate of drug-likeness (QED) is 0.621. The third-order valence-corrected chi connectivity index (χ3v) is 2.18. The lowest BCUT2D eigenvalue weighted by atomic mass is 9.90. The molecule has 0 aromatic heterocycles. The summed E-state index contributed by atoms with van der Waals surface area (Å²) in [5.41, 5.74) is -0.315. The Bertz CT molecular complexity index is 466. The molecule has 0 aliphatic heterocycles. The maximum absolute atomic E-state index is 13.2. The molecule has 0 N–H and O–H groups in total. The highest BCUT2D eigenvalue weighted by Crippen LogP contribution is 2.27. The van der Waals surface area contributed by atoms with E-state index < -0.39 is 41.4 Å². The van der Waals surface area contributed by atoms with Crippen LogP contribution in [0.15, 0.2) is 6.07 Å². The van der Waals surface area contributed by atoms with Gasteiger partial charge in [0.2, 0.25) is 11.6 Å². The van der Waals surface area contributed by atoms with Crippen molar-refractivity contribution in [3.05, 3.63) is 29.3 Å². The first kappa shape index (κ1) is 15.5. The first-order chi connectivity index (χ1) is 8.61. The van der Waals surface area contributed by atoms with Crippen molar-refractivity contribution in [2.75, 3.05) is 6.61 Å². The maximum Gasteiger partial charge on any atom is 0.203 e. The molecular weight excluding hydrogens is 264 g/mol. The van der Waals surface area contributed by atoms with Crippen LogP contribution < -0.4 is 4.74 Å². The fourth-order valence-corrected chi connectivity index (χ4v) is 1.47. The third kappa shape index (κ3) is 4.22. The van der Waals surface area contributed by atoms with E-state index in [1.165, 1.54) is 0 Å². The fraction of sp³-hybridized carbons (Fsp3) is 0.462. The molecule has 0 bridgehead atoms. The van der Waals surface area contributed by atoms with E-state index in [2.05, 4.69) is 4.74 Å². The molecule has 0 aliphatic rings. The van der Waals surface area contributed by atoms with Crippen molar-refractivity contribution >= 4 is 5.78 Å². The summed E-state index contributed by atoms with van der Waals surface area (Å²) in [7, 11) is 0. The largest absolute Gasteiger partial charge is 0.480 e. The van der Waals surface area contributed by atoms with Crippen molar-refractivity contribution in [3.63, 3.8) is 0 Å². The van der Waals surface area contributed by atoms with Crippen LogP contribution in [0.2, 0.25) is 0 Å². The molecule has 0 fully saturated rings. The lowest BCUT2D eigenvalue weighted by Gasteiger charge is -2.17. The molecule has 2 nitrogen and oxygen atoms in total. The van der Waals surface area contributed by atoms with Gasteiger partial charge in [-0.3, -0.25) is 4.79 Å². The van der Waals surface area contributed by atoms with Crippen molar-refractivity contribution in [3.8, 4) is 5.75 Å². The van der Waals surface area contributed by atoms with E-state index >= 15 is 0 Å². The number of hydrogen-bond donors (Lipinski definition) is 0. The highest BCUT2D eigenvalue weighted by atomic mass is 19.2. The number of hydrogen-bond acceptors (Lipinski definition) is 2. The van der Waals surface area contributed by atoms with Gasteiger partial charge in [0.05, 0.1) is 0 Å². The van der Waals surface area contributed by atoms with Crippen LogP contribution in [0.1, 0.15) is 27.2 Å². The minimum Gasteiger partial charge on any atom is -0.480 e. The molecule has 19 heavy (non-hydrogen) atoms. The molecular formula is C13H14F4O2. The number of carbonyl (C=O) groups excluding carboxylic acids is 1. The smallest absolute Gasteiger partial charge is 0.203 e. The Morgan fingerprint density at radius 3 is 2.00 bits per heavy atom.